The average molecular weight is 347 g/mol. The number of likely N-dealkylation sites (tertiary alicyclic amines) is 1. The van der Waals surface area contributed by atoms with Crippen molar-refractivity contribution in [2.24, 2.45) is 0 Å². The Bertz CT molecular complexity index is 603. The van der Waals surface area contributed by atoms with Gasteiger partial charge in [-0.2, -0.15) is 9.97 Å². The number of anilines is 2. The summed E-state index contributed by atoms with van der Waals surface area (Å²) in [7, 11) is 0. The van der Waals surface area contributed by atoms with Crippen LogP contribution in [0.1, 0.15) is 51.0 Å². The third-order valence-electron chi connectivity index (χ3n) is 4.92. The van der Waals surface area contributed by atoms with Crippen LogP contribution in [-0.4, -0.2) is 53.6 Å². The lowest BCUT2D eigenvalue weighted by molar-refractivity contribution is -0.117. The molecule has 2 N–H and O–H groups in total. The highest BCUT2D eigenvalue weighted by Gasteiger charge is 2.31. The molecule has 1 amide bonds. The standard InChI is InChI=1S/C18H29N5O2/c1-2-3-12-25-18-20-16(19)14-13-15(24)23(17(14)21-18)11-6-4-5-8-22-9-7-10-22/h2-13H2,1H3,(H2,19,20,21). The summed E-state index contributed by atoms with van der Waals surface area (Å²) in [6.07, 6.45) is 6.91. The van der Waals surface area contributed by atoms with Gasteiger partial charge in [-0.1, -0.05) is 19.8 Å². The highest BCUT2D eigenvalue weighted by molar-refractivity contribution is 6.01. The molecular formula is C18H29N5O2. The van der Waals surface area contributed by atoms with E-state index >= 15 is 0 Å². The Morgan fingerprint density at radius 1 is 1.12 bits per heavy atom. The van der Waals surface area contributed by atoms with E-state index in [2.05, 4.69) is 21.8 Å². The number of amides is 1. The summed E-state index contributed by atoms with van der Waals surface area (Å²) in [5.74, 6) is 1.07. The van der Waals surface area contributed by atoms with Gasteiger partial charge in [0.1, 0.15) is 11.6 Å². The number of fused-ring (bicyclic) bond motifs is 1. The van der Waals surface area contributed by atoms with Gasteiger partial charge < -0.3 is 15.4 Å². The van der Waals surface area contributed by atoms with Gasteiger partial charge in [0.05, 0.1) is 13.0 Å². The largest absolute Gasteiger partial charge is 0.463 e. The maximum absolute atomic E-state index is 12.3. The van der Waals surface area contributed by atoms with Crippen LogP contribution in [0.3, 0.4) is 0 Å². The van der Waals surface area contributed by atoms with Gasteiger partial charge in [-0.25, -0.2) is 0 Å². The molecule has 3 rings (SSSR count). The number of nitrogens with two attached hydrogens (primary N) is 1. The Hall–Kier alpha value is -1.89. The van der Waals surface area contributed by atoms with Crippen molar-refractivity contribution in [3.8, 4) is 6.01 Å². The summed E-state index contributed by atoms with van der Waals surface area (Å²) in [4.78, 5) is 25.2. The molecule has 7 heteroatoms. The van der Waals surface area contributed by atoms with Crippen LogP contribution in [0.15, 0.2) is 0 Å². The highest BCUT2D eigenvalue weighted by atomic mass is 16.5. The fraction of sp³-hybridized carbons (Fsp3) is 0.722. The van der Waals surface area contributed by atoms with Crippen LogP contribution in [0.5, 0.6) is 6.01 Å². The Balaban J connectivity index is 1.55. The lowest BCUT2D eigenvalue weighted by Crippen LogP contribution is -2.37. The molecule has 2 aliphatic heterocycles. The van der Waals surface area contributed by atoms with Crippen LogP contribution < -0.4 is 15.4 Å². The van der Waals surface area contributed by atoms with Gasteiger partial charge in [-0.15, -0.1) is 0 Å². The number of nitrogen functional groups attached to an aromatic ring is 1. The predicted molar refractivity (Wildman–Crippen MR) is 97.8 cm³/mol. The van der Waals surface area contributed by atoms with E-state index in [1.165, 1.54) is 32.5 Å². The van der Waals surface area contributed by atoms with Gasteiger partial charge in [0.2, 0.25) is 5.91 Å². The molecule has 0 bridgehead atoms. The Morgan fingerprint density at radius 3 is 2.64 bits per heavy atom. The number of nitrogens with zero attached hydrogens (tertiary/aromatic N) is 4. The summed E-state index contributed by atoms with van der Waals surface area (Å²) in [5, 5.41) is 0. The minimum atomic E-state index is 0.0597. The molecular weight excluding hydrogens is 318 g/mol. The van der Waals surface area contributed by atoms with Gasteiger partial charge >= 0.3 is 6.01 Å². The second-order valence-corrected chi connectivity index (χ2v) is 6.87. The summed E-state index contributed by atoms with van der Waals surface area (Å²) in [5.41, 5.74) is 6.76. The second kappa shape index (κ2) is 8.47. The quantitative estimate of drug-likeness (QED) is 0.652. The number of aromatic nitrogens is 2. The number of hydrogen-bond acceptors (Lipinski definition) is 6. The summed E-state index contributed by atoms with van der Waals surface area (Å²) in [6.45, 7) is 7.03. The molecule has 1 aromatic heterocycles. The first-order valence-electron chi connectivity index (χ1n) is 9.51. The number of carbonyl (C=O) groups excluding carboxylic acids is 1. The second-order valence-electron chi connectivity index (χ2n) is 6.87. The van der Waals surface area contributed by atoms with Crippen LogP contribution in [0.25, 0.3) is 0 Å². The predicted octanol–water partition coefficient (Wildman–Crippen LogP) is 2.00. The fourth-order valence-electron chi connectivity index (χ4n) is 3.22. The molecule has 138 valence electrons. The maximum Gasteiger partial charge on any atom is 0.320 e. The Labute approximate surface area is 149 Å². The van der Waals surface area contributed by atoms with Crippen LogP contribution in [-0.2, 0) is 11.2 Å². The van der Waals surface area contributed by atoms with Crippen molar-refractivity contribution < 1.29 is 9.53 Å². The molecule has 0 radical (unpaired) electrons. The maximum atomic E-state index is 12.3. The number of ether oxygens (including phenoxy) is 1. The molecule has 0 spiro atoms. The van der Waals surface area contributed by atoms with E-state index in [0.717, 1.165) is 31.2 Å². The molecule has 1 saturated heterocycles. The van der Waals surface area contributed by atoms with Gasteiger partial charge in [0, 0.05) is 12.1 Å². The average Bonchev–Trinajstić information content (AvgIpc) is 2.86. The van der Waals surface area contributed by atoms with Crippen molar-refractivity contribution >= 4 is 17.5 Å². The van der Waals surface area contributed by atoms with Crippen LogP contribution in [0.2, 0.25) is 0 Å². The van der Waals surface area contributed by atoms with E-state index in [-0.39, 0.29) is 11.9 Å². The van der Waals surface area contributed by atoms with Crippen molar-refractivity contribution in [1.82, 2.24) is 14.9 Å². The SMILES string of the molecule is CCCCOc1nc(N)c2c(n1)N(CCCCCN1CCC1)C(=O)C2. The normalized spacial score (nSPS) is 16.8. The first-order chi connectivity index (χ1) is 12.2. The van der Waals surface area contributed by atoms with Crippen molar-refractivity contribution in [3.05, 3.63) is 5.56 Å². The van der Waals surface area contributed by atoms with E-state index in [0.29, 0.717) is 31.2 Å². The van der Waals surface area contributed by atoms with Gasteiger partial charge in [-0.05, 0) is 45.3 Å². The van der Waals surface area contributed by atoms with Gasteiger partial charge in [0.25, 0.3) is 0 Å². The smallest absolute Gasteiger partial charge is 0.320 e. The van der Waals surface area contributed by atoms with Gasteiger partial charge in [0.15, 0.2) is 0 Å². The fourth-order valence-corrected chi connectivity index (χ4v) is 3.22. The van der Waals surface area contributed by atoms with Crippen LogP contribution >= 0.6 is 0 Å². The third-order valence-corrected chi connectivity index (χ3v) is 4.92. The summed E-state index contributed by atoms with van der Waals surface area (Å²) >= 11 is 0. The lowest BCUT2D eigenvalue weighted by atomic mass is 10.1. The molecule has 3 heterocycles. The first-order valence-corrected chi connectivity index (χ1v) is 9.51. The van der Waals surface area contributed by atoms with E-state index in [1.54, 1.807) is 4.90 Å². The van der Waals surface area contributed by atoms with Crippen molar-refractivity contribution in [2.75, 3.05) is 43.4 Å². The minimum absolute atomic E-state index is 0.0597. The molecule has 1 fully saturated rings. The molecule has 0 unspecified atom stereocenters. The van der Waals surface area contributed by atoms with Crippen LogP contribution in [0.4, 0.5) is 11.6 Å². The van der Waals surface area contributed by atoms with Crippen molar-refractivity contribution in [3.63, 3.8) is 0 Å². The molecule has 0 saturated carbocycles. The molecule has 2 aliphatic rings. The Kier molecular flexibility index (Phi) is 6.07. The highest BCUT2D eigenvalue weighted by Crippen LogP contribution is 2.32. The van der Waals surface area contributed by atoms with E-state index in [4.69, 9.17) is 10.5 Å². The van der Waals surface area contributed by atoms with E-state index < -0.39 is 0 Å². The first kappa shape index (κ1) is 17.9. The number of hydrogen-bond donors (Lipinski definition) is 1. The van der Waals surface area contributed by atoms with Crippen molar-refractivity contribution in [1.29, 1.82) is 0 Å². The Morgan fingerprint density at radius 2 is 1.92 bits per heavy atom. The van der Waals surface area contributed by atoms with Gasteiger partial charge in [-0.3, -0.25) is 9.69 Å². The lowest BCUT2D eigenvalue weighted by Gasteiger charge is -2.30. The summed E-state index contributed by atoms with van der Waals surface area (Å²) in [6, 6.07) is 0.280. The zero-order chi connectivity index (χ0) is 17.6. The number of unbranched alkanes of at least 4 members (excludes halogenated alkanes) is 3. The molecule has 0 atom stereocenters. The zero-order valence-corrected chi connectivity index (χ0v) is 15.2. The number of carbonyl (C=O) groups is 1. The number of rotatable bonds is 10. The summed E-state index contributed by atoms with van der Waals surface area (Å²) < 4.78 is 5.58. The monoisotopic (exact) mass is 347 g/mol. The van der Waals surface area contributed by atoms with Crippen LogP contribution in [0, 0.1) is 0 Å². The topological polar surface area (TPSA) is 84.6 Å². The molecule has 1 aromatic rings. The van der Waals surface area contributed by atoms with Crippen molar-refractivity contribution in [2.45, 2.75) is 51.9 Å². The van der Waals surface area contributed by atoms with E-state index in [9.17, 15) is 4.79 Å². The minimum Gasteiger partial charge on any atom is -0.463 e. The molecule has 7 nitrogen and oxygen atoms in total. The van der Waals surface area contributed by atoms with E-state index in [1.807, 2.05) is 0 Å². The third kappa shape index (κ3) is 4.39. The molecule has 0 aromatic carbocycles. The zero-order valence-electron chi connectivity index (χ0n) is 15.2. The molecule has 0 aliphatic carbocycles. The molecule has 25 heavy (non-hydrogen) atoms.